The number of nitrogens with one attached hydrogen (secondary N) is 1. The highest BCUT2D eigenvalue weighted by Crippen LogP contribution is 2.24. The third-order valence-corrected chi connectivity index (χ3v) is 3.41. The van der Waals surface area contributed by atoms with Crippen LogP contribution in [0, 0.1) is 0 Å². The number of aromatic nitrogens is 1. The summed E-state index contributed by atoms with van der Waals surface area (Å²) < 4.78 is 5.74. The zero-order chi connectivity index (χ0) is 16.5. The fourth-order valence-electron chi connectivity index (χ4n) is 1.94. The molecule has 1 aromatic carbocycles. The zero-order valence-electron chi connectivity index (χ0n) is 13.5. The molecule has 1 unspecified atom stereocenters. The van der Waals surface area contributed by atoms with Gasteiger partial charge in [-0.05, 0) is 31.2 Å². The summed E-state index contributed by atoms with van der Waals surface area (Å²) in [6.45, 7) is 3.06. The molecule has 1 atom stereocenters. The first kappa shape index (κ1) is 20.5. The summed E-state index contributed by atoms with van der Waals surface area (Å²) in [7, 11) is 0. The Balaban J connectivity index is 0.00000288. The van der Waals surface area contributed by atoms with Crippen molar-refractivity contribution in [3.05, 3.63) is 59.4 Å². The number of pyridine rings is 1. The molecule has 0 spiro atoms. The van der Waals surface area contributed by atoms with Gasteiger partial charge in [0.25, 0.3) is 0 Å². The maximum Gasteiger partial charge on any atom is 0.188 e. The molecule has 24 heavy (non-hydrogen) atoms. The van der Waals surface area contributed by atoms with E-state index in [0.29, 0.717) is 29.8 Å². The lowest BCUT2D eigenvalue weighted by Gasteiger charge is -2.14. The Hall–Kier alpha value is -1.54. The summed E-state index contributed by atoms with van der Waals surface area (Å²) >= 11 is 6.05. The van der Waals surface area contributed by atoms with Gasteiger partial charge in [0.15, 0.2) is 5.96 Å². The van der Waals surface area contributed by atoms with Crippen molar-refractivity contribution in [2.75, 3.05) is 13.1 Å². The number of ether oxygens (including phenoxy) is 1. The highest BCUT2D eigenvalue weighted by Gasteiger charge is 2.06. The van der Waals surface area contributed by atoms with Gasteiger partial charge in [0.05, 0.1) is 11.6 Å². The number of guanidine groups is 1. The Morgan fingerprint density at radius 1 is 1.29 bits per heavy atom. The second-order valence-electron chi connectivity index (χ2n) is 5.08. The molecule has 0 saturated carbocycles. The van der Waals surface area contributed by atoms with E-state index in [1.165, 1.54) is 0 Å². The smallest absolute Gasteiger partial charge is 0.188 e. The third kappa shape index (κ3) is 7.35. The molecule has 1 aromatic heterocycles. The summed E-state index contributed by atoms with van der Waals surface area (Å²) in [6.07, 6.45) is 2.45. The molecule has 130 valence electrons. The number of hydrogen-bond donors (Lipinski definition) is 2. The predicted octanol–water partition coefficient (Wildman–Crippen LogP) is 3.27. The highest BCUT2D eigenvalue weighted by atomic mass is 127. The summed E-state index contributed by atoms with van der Waals surface area (Å²) in [5.74, 6) is 1.05. The summed E-state index contributed by atoms with van der Waals surface area (Å²) in [5, 5.41) is 3.66. The molecular weight excluding hydrogens is 439 g/mol. The number of benzene rings is 1. The molecule has 1 heterocycles. The van der Waals surface area contributed by atoms with Crippen LogP contribution in [0.4, 0.5) is 0 Å². The van der Waals surface area contributed by atoms with Crippen LogP contribution >= 0.6 is 35.6 Å². The van der Waals surface area contributed by atoms with Crippen LogP contribution in [-0.2, 0) is 6.42 Å². The SMILES string of the molecule is CC(CN=C(N)NCCc1ccccn1)Oc1ccccc1Cl.I. The van der Waals surface area contributed by atoms with E-state index in [-0.39, 0.29) is 30.1 Å². The van der Waals surface area contributed by atoms with Gasteiger partial charge in [-0.3, -0.25) is 4.98 Å². The molecule has 0 aliphatic carbocycles. The molecule has 0 bridgehead atoms. The Kier molecular flexibility index (Phi) is 9.48. The van der Waals surface area contributed by atoms with Crippen LogP contribution < -0.4 is 15.8 Å². The molecule has 7 heteroatoms. The van der Waals surface area contributed by atoms with Gasteiger partial charge in [-0.2, -0.15) is 0 Å². The van der Waals surface area contributed by atoms with E-state index in [9.17, 15) is 0 Å². The van der Waals surface area contributed by atoms with Gasteiger partial charge in [0.2, 0.25) is 0 Å². The van der Waals surface area contributed by atoms with Gasteiger partial charge in [0, 0.05) is 24.9 Å². The van der Waals surface area contributed by atoms with Crippen molar-refractivity contribution in [1.29, 1.82) is 0 Å². The van der Waals surface area contributed by atoms with Crippen molar-refractivity contribution in [3.63, 3.8) is 0 Å². The molecule has 2 aromatic rings. The molecule has 3 N–H and O–H groups in total. The molecule has 0 fully saturated rings. The van der Waals surface area contributed by atoms with Crippen LogP contribution in [0.15, 0.2) is 53.7 Å². The lowest BCUT2D eigenvalue weighted by atomic mass is 10.3. The minimum Gasteiger partial charge on any atom is -0.487 e. The van der Waals surface area contributed by atoms with Crippen molar-refractivity contribution in [3.8, 4) is 5.75 Å². The summed E-state index contributed by atoms with van der Waals surface area (Å²) in [6, 6.07) is 13.2. The van der Waals surface area contributed by atoms with Crippen molar-refractivity contribution >= 4 is 41.5 Å². The molecule has 0 aliphatic heterocycles. The third-order valence-electron chi connectivity index (χ3n) is 3.10. The first-order valence-corrected chi connectivity index (χ1v) is 7.88. The van der Waals surface area contributed by atoms with Gasteiger partial charge < -0.3 is 15.8 Å². The van der Waals surface area contributed by atoms with E-state index in [0.717, 1.165) is 12.1 Å². The van der Waals surface area contributed by atoms with Crippen LogP contribution in [0.1, 0.15) is 12.6 Å². The fourth-order valence-corrected chi connectivity index (χ4v) is 2.12. The number of para-hydroxylation sites is 1. The number of aliphatic imine (C=N–C) groups is 1. The highest BCUT2D eigenvalue weighted by molar-refractivity contribution is 14.0. The Bertz CT molecular complexity index is 639. The summed E-state index contributed by atoms with van der Waals surface area (Å²) in [5.41, 5.74) is 6.86. The van der Waals surface area contributed by atoms with Gasteiger partial charge in [-0.25, -0.2) is 4.99 Å². The van der Waals surface area contributed by atoms with Crippen molar-refractivity contribution in [2.24, 2.45) is 10.7 Å². The van der Waals surface area contributed by atoms with Gasteiger partial charge in [-0.1, -0.05) is 29.8 Å². The fraction of sp³-hybridized carbons (Fsp3) is 0.294. The van der Waals surface area contributed by atoms with Crippen LogP contribution in [0.5, 0.6) is 5.75 Å². The van der Waals surface area contributed by atoms with E-state index in [1.54, 1.807) is 12.3 Å². The van der Waals surface area contributed by atoms with Crippen molar-refractivity contribution in [2.45, 2.75) is 19.4 Å². The minimum absolute atomic E-state index is 0. The molecule has 0 aliphatic rings. The second kappa shape index (κ2) is 11.1. The molecule has 0 radical (unpaired) electrons. The van der Waals surface area contributed by atoms with E-state index in [1.807, 2.05) is 43.3 Å². The standard InChI is InChI=1S/C17H21ClN4O.HI/c1-13(23-16-8-3-2-7-15(16)18)12-22-17(19)21-11-9-14-6-4-5-10-20-14;/h2-8,10,13H,9,11-12H2,1H3,(H3,19,21,22);1H. The molecule has 5 nitrogen and oxygen atoms in total. The first-order valence-electron chi connectivity index (χ1n) is 7.50. The summed E-state index contributed by atoms with van der Waals surface area (Å²) in [4.78, 5) is 8.53. The van der Waals surface area contributed by atoms with E-state index in [4.69, 9.17) is 22.1 Å². The number of nitrogens with zero attached hydrogens (tertiary/aromatic N) is 2. The lowest BCUT2D eigenvalue weighted by molar-refractivity contribution is 0.230. The van der Waals surface area contributed by atoms with E-state index in [2.05, 4.69) is 15.3 Å². The normalized spacial score (nSPS) is 12.2. The lowest BCUT2D eigenvalue weighted by Crippen LogP contribution is -2.34. The van der Waals surface area contributed by atoms with Crippen LogP contribution in [0.3, 0.4) is 0 Å². The van der Waals surface area contributed by atoms with E-state index < -0.39 is 0 Å². The molecular formula is C17H22ClIN4O. The maximum atomic E-state index is 6.05. The number of rotatable bonds is 7. The van der Waals surface area contributed by atoms with Crippen LogP contribution in [0.2, 0.25) is 5.02 Å². The Morgan fingerprint density at radius 2 is 2.04 bits per heavy atom. The Morgan fingerprint density at radius 3 is 2.75 bits per heavy atom. The minimum atomic E-state index is -0.119. The van der Waals surface area contributed by atoms with Crippen molar-refractivity contribution in [1.82, 2.24) is 10.3 Å². The number of hydrogen-bond acceptors (Lipinski definition) is 3. The molecule has 0 saturated heterocycles. The topological polar surface area (TPSA) is 72.5 Å². The largest absolute Gasteiger partial charge is 0.487 e. The van der Waals surface area contributed by atoms with Crippen LogP contribution in [0.25, 0.3) is 0 Å². The van der Waals surface area contributed by atoms with E-state index >= 15 is 0 Å². The number of halogens is 2. The Labute approximate surface area is 164 Å². The van der Waals surface area contributed by atoms with Crippen LogP contribution in [-0.4, -0.2) is 30.1 Å². The predicted molar refractivity (Wildman–Crippen MR) is 109 cm³/mol. The zero-order valence-corrected chi connectivity index (χ0v) is 16.6. The van der Waals surface area contributed by atoms with Gasteiger partial charge in [0.1, 0.15) is 11.9 Å². The number of nitrogens with two attached hydrogens (primary N) is 1. The molecule has 0 amide bonds. The maximum absolute atomic E-state index is 6.05. The monoisotopic (exact) mass is 460 g/mol. The quantitative estimate of drug-likeness (QED) is 0.378. The average Bonchev–Trinajstić information content (AvgIpc) is 2.56. The second-order valence-corrected chi connectivity index (χ2v) is 5.49. The first-order chi connectivity index (χ1) is 11.1. The molecule has 2 rings (SSSR count). The van der Waals surface area contributed by atoms with Gasteiger partial charge >= 0.3 is 0 Å². The van der Waals surface area contributed by atoms with Crippen molar-refractivity contribution < 1.29 is 4.74 Å². The average molecular weight is 461 g/mol. The van der Waals surface area contributed by atoms with Gasteiger partial charge in [-0.15, -0.1) is 24.0 Å².